The van der Waals surface area contributed by atoms with E-state index >= 15 is 0 Å². The van der Waals surface area contributed by atoms with Crippen LogP contribution in [0, 0.1) is 6.92 Å². The first-order valence-electron chi connectivity index (χ1n) is 7.50. The fourth-order valence-electron chi connectivity index (χ4n) is 2.25. The predicted molar refractivity (Wildman–Crippen MR) is 91.2 cm³/mol. The summed E-state index contributed by atoms with van der Waals surface area (Å²) in [5.74, 6) is 1.11. The van der Waals surface area contributed by atoms with Crippen molar-refractivity contribution in [3.05, 3.63) is 70.6 Å². The Kier molecular flexibility index (Phi) is 4.74. The van der Waals surface area contributed by atoms with E-state index in [1.807, 2.05) is 55.5 Å². The van der Waals surface area contributed by atoms with Gasteiger partial charge < -0.3 is 9.73 Å². The minimum atomic E-state index is 0.169. The van der Waals surface area contributed by atoms with E-state index in [4.69, 9.17) is 16.0 Å². The highest BCUT2D eigenvalue weighted by atomic mass is 35.5. The fourth-order valence-corrected chi connectivity index (χ4v) is 2.37. The molecule has 0 aliphatic carbocycles. The monoisotopic (exact) mass is 327 g/mol. The van der Waals surface area contributed by atoms with Gasteiger partial charge in [-0.1, -0.05) is 41.4 Å². The van der Waals surface area contributed by atoms with E-state index in [0.29, 0.717) is 18.3 Å². The van der Waals surface area contributed by atoms with Crippen molar-refractivity contribution in [3.63, 3.8) is 0 Å². The minimum Gasteiger partial charge on any atom is -0.419 e. The van der Waals surface area contributed by atoms with Crippen LogP contribution >= 0.6 is 11.6 Å². The van der Waals surface area contributed by atoms with Gasteiger partial charge >= 0.3 is 0 Å². The molecule has 4 nitrogen and oxygen atoms in total. The van der Waals surface area contributed by atoms with Gasteiger partial charge in [0.15, 0.2) is 0 Å². The third-order valence-electron chi connectivity index (χ3n) is 3.69. The molecule has 0 fully saturated rings. The van der Waals surface area contributed by atoms with E-state index in [9.17, 15) is 0 Å². The van der Waals surface area contributed by atoms with Gasteiger partial charge in [-0.2, -0.15) is 0 Å². The molecular weight excluding hydrogens is 310 g/mol. The van der Waals surface area contributed by atoms with Crippen molar-refractivity contribution in [2.45, 2.75) is 26.4 Å². The van der Waals surface area contributed by atoms with Crippen LogP contribution in [0.1, 0.15) is 30.0 Å². The van der Waals surface area contributed by atoms with Crippen LogP contribution in [0.25, 0.3) is 11.5 Å². The van der Waals surface area contributed by atoms with E-state index in [0.717, 1.165) is 16.1 Å². The second-order valence-electron chi connectivity index (χ2n) is 5.52. The second-order valence-corrected chi connectivity index (χ2v) is 5.96. The van der Waals surface area contributed by atoms with E-state index in [1.165, 1.54) is 5.56 Å². The average molecular weight is 328 g/mol. The van der Waals surface area contributed by atoms with Crippen molar-refractivity contribution in [2.24, 2.45) is 0 Å². The van der Waals surface area contributed by atoms with Crippen LogP contribution in [0.15, 0.2) is 52.9 Å². The summed E-state index contributed by atoms with van der Waals surface area (Å²) in [4.78, 5) is 0. The molecule has 3 aromatic rings. The smallest absolute Gasteiger partial charge is 0.247 e. The average Bonchev–Trinajstić information content (AvgIpc) is 3.03. The predicted octanol–water partition coefficient (Wildman–Crippen LogP) is 4.55. The number of hydrogen-bond acceptors (Lipinski definition) is 4. The van der Waals surface area contributed by atoms with Gasteiger partial charge in [0.1, 0.15) is 0 Å². The first-order chi connectivity index (χ1) is 11.1. The minimum absolute atomic E-state index is 0.169. The quantitative estimate of drug-likeness (QED) is 0.747. The zero-order valence-corrected chi connectivity index (χ0v) is 13.8. The molecule has 0 spiro atoms. The summed E-state index contributed by atoms with van der Waals surface area (Å²) < 4.78 is 5.71. The SMILES string of the molecule is Cc1ccc(-c2nnc(CNC(C)c3ccc(Cl)cc3)o2)cc1. The molecule has 5 heteroatoms. The van der Waals surface area contributed by atoms with Crippen molar-refractivity contribution in [1.82, 2.24) is 15.5 Å². The van der Waals surface area contributed by atoms with Gasteiger partial charge in [-0.05, 0) is 43.7 Å². The number of aryl methyl sites for hydroxylation is 1. The second kappa shape index (κ2) is 6.94. The molecule has 1 unspecified atom stereocenters. The highest BCUT2D eigenvalue weighted by Gasteiger charge is 2.10. The van der Waals surface area contributed by atoms with Crippen LogP contribution in [0.3, 0.4) is 0 Å². The molecule has 1 heterocycles. The van der Waals surface area contributed by atoms with Gasteiger partial charge in [0.2, 0.25) is 11.8 Å². The first-order valence-corrected chi connectivity index (χ1v) is 7.88. The molecule has 0 saturated carbocycles. The maximum absolute atomic E-state index is 5.91. The first kappa shape index (κ1) is 15.7. The Morgan fingerprint density at radius 3 is 2.43 bits per heavy atom. The van der Waals surface area contributed by atoms with Gasteiger partial charge in [-0.3, -0.25) is 0 Å². The highest BCUT2D eigenvalue weighted by Crippen LogP contribution is 2.19. The molecule has 0 aliphatic heterocycles. The summed E-state index contributed by atoms with van der Waals surface area (Å²) in [5.41, 5.74) is 3.29. The Morgan fingerprint density at radius 2 is 1.74 bits per heavy atom. The van der Waals surface area contributed by atoms with Gasteiger partial charge in [0.25, 0.3) is 0 Å². The van der Waals surface area contributed by atoms with Crippen molar-refractivity contribution in [1.29, 1.82) is 0 Å². The van der Waals surface area contributed by atoms with Crippen molar-refractivity contribution < 1.29 is 4.42 Å². The molecule has 3 rings (SSSR count). The number of nitrogens with zero attached hydrogens (tertiary/aromatic N) is 2. The number of benzene rings is 2. The zero-order valence-electron chi connectivity index (χ0n) is 13.1. The van der Waals surface area contributed by atoms with Crippen LogP contribution in [0.4, 0.5) is 0 Å². The van der Waals surface area contributed by atoms with E-state index in [-0.39, 0.29) is 6.04 Å². The van der Waals surface area contributed by atoms with Crippen molar-refractivity contribution in [3.8, 4) is 11.5 Å². The van der Waals surface area contributed by atoms with E-state index in [1.54, 1.807) is 0 Å². The Labute approximate surface area is 140 Å². The lowest BCUT2D eigenvalue weighted by atomic mass is 10.1. The molecule has 118 valence electrons. The van der Waals surface area contributed by atoms with Crippen LogP contribution in [0.2, 0.25) is 5.02 Å². The molecule has 0 saturated heterocycles. The summed E-state index contributed by atoms with van der Waals surface area (Å²) in [7, 11) is 0. The van der Waals surface area contributed by atoms with Crippen LogP contribution in [0.5, 0.6) is 0 Å². The Hall–Kier alpha value is -2.17. The number of hydrogen-bond donors (Lipinski definition) is 1. The summed E-state index contributed by atoms with van der Waals surface area (Å²) >= 11 is 5.91. The Bertz CT molecular complexity index is 766. The molecule has 0 amide bonds. The largest absolute Gasteiger partial charge is 0.419 e. The molecule has 1 N–H and O–H groups in total. The molecule has 0 bridgehead atoms. The molecular formula is C18H18ClN3O. The van der Waals surface area contributed by atoms with Crippen LogP contribution in [-0.4, -0.2) is 10.2 Å². The lowest BCUT2D eigenvalue weighted by Crippen LogP contribution is -2.18. The third kappa shape index (κ3) is 3.97. The van der Waals surface area contributed by atoms with Gasteiger partial charge in [0.05, 0.1) is 6.54 Å². The normalized spacial score (nSPS) is 12.3. The maximum Gasteiger partial charge on any atom is 0.247 e. The number of rotatable bonds is 5. The summed E-state index contributed by atoms with van der Waals surface area (Å²) in [6, 6.07) is 16.0. The van der Waals surface area contributed by atoms with Crippen LogP contribution in [-0.2, 0) is 6.54 Å². The van der Waals surface area contributed by atoms with Crippen molar-refractivity contribution >= 4 is 11.6 Å². The van der Waals surface area contributed by atoms with E-state index in [2.05, 4.69) is 22.4 Å². The molecule has 1 aromatic heterocycles. The van der Waals surface area contributed by atoms with Gasteiger partial charge in [-0.15, -0.1) is 10.2 Å². The third-order valence-corrected chi connectivity index (χ3v) is 3.95. The number of aromatic nitrogens is 2. The Balaban J connectivity index is 1.63. The Morgan fingerprint density at radius 1 is 1.04 bits per heavy atom. The van der Waals surface area contributed by atoms with Crippen LogP contribution < -0.4 is 5.32 Å². The van der Waals surface area contributed by atoms with Gasteiger partial charge in [-0.25, -0.2) is 0 Å². The summed E-state index contributed by atoms with van der Waals surface area (Å²) in [6.07, 6.45) is 0. The zero-order chi connectivity index (χ0) is 16.2. The number of nitrogens with one attached hydrogen (secondary N) is 1. The molecule has 0 radical (unpaired) electrons. The maximum atomic E-state index is 5.91. The van der Waals surface area contributed by atoms with Crippen molar-refractivity contribution in [2.75, 3.05) is 0 Å². The summed E-state index contributed by atoms with van der Waals surface area (Å²) in [6.45, 7) is 4.65. The number of halogens is 1. The molecule has 1 atom stereocenters. The topological polar surface area (TPSA) is 51.0 Å². The van der Waals surface area contributed by atoms with E-state index < -0.39 is 0 Å². The molecule has 0 aliphatic rings. The highest BCUT2D eigenvalue weighted by molar-refractivity contribution is 6.30. The fraction of sp³-hybridized carbons (Fsp3) is 0.222. The standard InChI is InChI=1S/C18H18ClN3O/c1-12-3-5-15(6-4-12)18-22-21-17(23-18)11-20-13(2)14-7-9-16(19)10-8-14/h3-10,13,20H,11H2,1-2H3. The van der Waals surface area contributed by atoms with Gasteiger partial charge in [0, 0.05) is 16.6 Å². The lowest BCUT2D eigenvalue weighted by molar-refractivity contribution is 0.454. The molecule has 23 heavy (non-hydrogen) atoms. The molecule has 2 aromatic carbocycles. The summed E-state index contributed by atoms with van der Waals surface area (Å²) in [5, 5.41) is 12.3. The lowest BCUT2D eigenvalue weighted by Gasteiger charge is -2.12.